The van der Waals surface area contributed by atoms with Crippen molar-refractivity contribution in [3.8, 4) is 0 Å². The zero-order chi connectivity index (χ0) is 22.1. The summed E-state index contributed by atoms with van der Waals surface area (Å²) >= 11 is 0. The number of carbonyl (C=O) groups is 2. The minimum Gasteiger partial charge on any atom is -0.332 e. The van der Waals surface area contributed by atoms with E-state index in [1.165, 1.54) is 22.0 Å². The van der Waals surface area contributed by atoms with Crippen molar-refractivity contribution < 1.29 is 18.0 Å². The smallest absolute Gasteiger partial charge is 0.290 e. The number of rotatable bonds is 5. The van der Waals surface area contributed by atoms with Crippen LogP contribution in [-0.2, 0) is 19.6 Å². The van der Waals surface area contributed by atoms with Gasteiger partial charge in [0.05, 0.1) is 16.6 Å². The number of nitrogens with zero attached hydrogens (tertiary/aromatic N) is 3. The van der Waals surface area contributed by atoms with Gasteiger partial charge >= 0.3 is 0 Å². The number of amides is 2. The number of hydrogen-bond donors (Lipinski definition) is 2. The van der Waals surface area contributed by atoms with E-state index in [1.54, 1.807) is 38.2 Å². The fourth-order valence-electron chi connectivity index (χ4n) is 2.96. The van der Waals surface area contributed by atoms with E-state index in [1.807, 2.05) is 19.1 Å². The molecule has 0 saturated heterocycles. The van der Waals surface area contributed by atoms with Gasteiger partial charge < -0.3 is 4.90 Å². The molecule has 9 nitrogen and oxygen atoms in total. The topological polar surface area (TPSA) is 125 Å². The summed E-state index contributed by atoms with van der Waals surface area (Å²) in [6, 6.07) is 12.9. The predicted molar refractivity (Wildman–Crippen MR) is 113 cm³/mol. The number of aliphatic imine (C=N–C) groups is 1. The Balaban J connectivity index is 1.80. The molecule has 1 aliphatic rings. The van der Waals surface area contributed by atoms with Gasteiger partial charge in [0.25, 0.3) is 11.8 Å². The summed E-state index contributed by atoms with van der Waals surface area (Å²) in [7, 11) is -2.28. The normalized spacial score (nSPS) is 15.3. The first-order chi connectivity index (χ1) is 14.1. The lowest BCUT2D eigenvalue weighted by Crippen LogP contribution is -2.56. The number of hydrogen-bond acceptors (Lipinski definition) is 6. The second-order valence-corrected chi connectivity index (χ2v) is 8.61. The molecule has 0 bridgehead atoms. The summed E-state index contributed by atoms with van der Waals surface area (Å²) in [4.78, 5) is 30.7. The molecule has 0 radical (unpaired) electrons. The lowest BCUT2D eigenvalue weighted by molar-refractivity contribution is -0.125. The third-order valence-electron chi connectivity index (χ3n) is 4.90. The number of hydrazine groups is 1. The first kappa shape index (κ1) is 21.5. The van der Waals surface area contributed by atoms with Crippen LogP contribution in [0.15, 0.2) is 58.4 Å². The Kier molecular flexibility index (Phi) is 5.90. The first-order valence-corrected chi connectivity index (χ1v) is 10.7. The number of carbonyl (C=O) groups excluding carboxylic acids is 2. The van der Waals surface area contributed by atoms with Crippen molar-refractivity contribution in [2.75, 3.05) is 18.6 Å². The van der Waals surface area contributed by atoms with Crippen LogP contribution in [0.5, 0.6) is 0 Å². The largest absolute Gasteiger partial charge is 0.332 e. The van der Waals surface area contributed by atoms with Crippen molar-refractivity contribution in [1.82, 2.24) is 10.3 Å². The highest BCUT2D eigenvalue weighted by atomic mass is 32.2. The molecule has 2 aromatic carbocycles. The van der Waals surface area contributed by atoms with E-state index in [2.05, 4.69) is 10.4 Å². The molecule has 158 valence electrons. The monoisotopic (exact) mass is 429 g/mol. The highest BCUT2D eigenvalue weighted by Gasteiger charge is 2.29. The first-order valence-electron chi connectivity index (χ1n) is 9.18. The Morgan fingerprint density at radius 3 is 2.53 bits per heavy atom. The van der Waals surface area contributed by atoms with E-state index in [0.717, 1.165) is 5.56 Å². The number of sulfonamides is 1. The van der Waals surface area contributed by atoms with Crippen LogP contribution in [0, 0.1) is 6.92 Å². The van der Waals surface area contributed by atoms with E-state index < -0.39 is 22.0 Å². The lowest BCUT2D eigenvalue weighted by Gasteiger charge is -2.31. The van der Waals surface area contributed by atoms with Gasteiger partial charge in [-0.05, 0) is 43.7 Å². The van der Waals surface area contributed by atoms with E-state index in [-0.39, 0.29) is 23.2 Å². The molecule has 30 heavy (non-hydrogen) atoms. The molecular formula is C20H23N5O4S. The minimum absolute atomic E-state index is 0.0205. The average molecular weight is 430 g/mol. The summed E-state index contributed by atoms with van der Waals surface area (Å²) in [5.74, 6) is -0.702. The SMILES string of the molecule is Cc1ccc(N2NC(C(=O)N(C)C(C)c3cccc(S(N)(=O)=O)c3)=NCC2=O)cc1. The molecule has 1 unspecified atom stereocenters. The number of aryl methyl sites for hydroxylation is 1. The molecule has 2 aromatic rings. The van der Waals surface area contributed by atoms with Gasteiger partial charge in [-0.25, -0.2) is 18.6 Å². The average Bonchev–Trinajstić information content (AvgIpc) is 2.72. The zero-order valence-electron chi connectivity index (χ0n) is 16.9. The van der Waals surface area contributed by atoms with Crippen LogP contribution in [-0.4, -0.2) is 44.6 Å². The molecule has 1 heterocycles. The molecule has 2 amide bonds. The Morgan fingerprint density at radius 1 is 1.23 bits per heavy atom. The van der Waals surface area contributed by atoms with Crippen molar-refractivity contribution in [3.05, 3.63) is 59.7 Å². The number of anilines is 1. The van der Waals surface area contributed by atoms with Crippen molar-refractivity contribution >= 4 is 33.4 Å². The van der Waals surface area contributed by atoms with Gasteiger partial charge in [-0.3, -0.25) is 20.0 Å². The van der Waals surface area contributed by atoms with Gasteiger partial charge in [0.15, 0.2) is 0 Å². The number of nitrogens with two attached hydrogens (primary N) is 1. The summed E-state index contributed by atoms with van der Waals surface area (Å²) in [6.45, 7) is 3.53. The van der Waals surface area contributed by atoms with Crippen LogP contribution in [0.4, 0.5) is 5.69 Å². The van der Waals surface area contributed by atoms with Gasteiger partial charge in [-0.1, -0.05) is 29.8 Å². The van der Waals surface area contributed by atoms with Crippen LogP contribution in [0.1, 0.15) is 24.1 Å². The fourth-order valence-corrected chi connectivity index (χ4v) is 3.53. The maximum atomic E-state index is 13.0. The molecule has 1 atom stereocenters. The molecule has 3 rings (SSSR count). The summed E-state index contributed by atoms with van der Waals surface area (Å²) in [6.07, 6.45) is 0. The van der Waals surface area contributed by atoms with Gasteiger partial charge in [-0.15, -0.1) is 0 Å². The minimum atomic E-state index is -3.86. The van der Waals surface area contributed by atoms with Gasteiger partial charge in [0.2, 0.25) is 15.9 Å². The zero-order valence-corrected chi connectivity index (χ0v) is 17.7. The maximum Gasteiger partial charge on any atom is 0.290 e. The van der Waals surface area contributed by atoms with Crippen molar-refractivity contribution in [3.63, 3.8) is 0 Å². The third-order valence-corrected chi connectivity index (χ3v) is 5.82. The fraction of sp³-hybridized carbons (Fsp3) is 0.250. The summed E-state index contributed by atoms with van der Waals surface area (Å²) in [5, 5.41) is 6.49. The molecule has 0 saturated carbocycles. The van der Waals surface area contributed by atoms with Crippen molar-refractivity contribution in [2.45, 2.75) is 24.8 Å². The second kappa shape index (κ2) is 8.25. The molecule has 0 fully saturated rings. The van der Waals surface area contributed by atoms with Crippen molar-refractivity contribution in [1.29, 1.82) is 0 Å². The number of likely N-dealkylation sites (N-methyl/N-ethyl adjacent to an activating group) is 1. The highest BCUT2D eigenvalue weighted by Crippen LogP contribution is 2.22. The van der Waals surface area contributed by atoms with Crippen LogP contribution in [0.25, 0.3) is 0 Å². The van der Waals surface area contributed by atoms with E-state index in [4.69, 9.17) is 5.14 Å². The summed E-state index contributed by atoms with van der Waals surface area (Å²) in [5.41, 5.74) is 5.03. The van der Waals surface area contributed by atoms with Gasteiger partial charge in [0, 0.05) is 7.05 Å². The second-order valence-electron chi connectivity index (χ2n) is 7.05. The third kappa shape index (κ3) is 4.50. The van der Waals surface area contributed by atoms with E-state index >= 15 is 0 Å². The molecule has 3 N–H and O–H groups in total. The highest BCUT2D eigenvalue weighted by molar-refractivity contribution is 7.89. The number of amidine groups is 1. The molecular weight excluding hydrogens is 406 g/mol. The van der Waals surface area contributed by atoms with Crippen LogP contribution in [0.3, 0.4) is 0 Å². The van der Waals surface area contributed by atoms with Crippen LogP contribution < -0.4 is 15.6 Å². The molecule has 0 aromatic heterocycles. The lowest BCUT2D eigenvalue weighted by atomic mass is 10.1. The standard InChI is InChI=1S/C20H23N5O4S/c1-13-7-9-16(10-8-13)25-18(26)12-22-19(23-25)20(27)24(3)14(2)15-5-4-6-17(11-15)30(21,28)29/h4-11,14H,12H2,1-3H3,(H,22,23)(H2,21,28,29). The van der Waals surface area contributed by atoms with Gasteiger partial charge in [-0.2, -0.15) is 0 Å². The quantitative estimate of drug-likeness (QED) is 0.737. The van der Waals surface area contributed by atoms with Crippen LogP contribution >= 0.6 is 0 Å². The Morgan fingerprint density at radius 2 is 1.90 bits per heavy atom. The van der Waals surface area contributed by atoms with E-state index in [9.17, 15) is 18.0 Å². The molecule has 0 spiro atoms. The van der Waals surface area contributed by atoms with Crippen LogP contribution in [0.2, 0.25) is 0 Å². The molecule has 1 aliphatic heterocycles. The Bertz CT molecular complexity index is 1110. The number of primary sulfonamides is 1. The molecule has 0 aliphatic carbocycles. The number of nitrogens with one attached hydrogen (secondary N) is 1. The maximum absolute atomic E-state index is 13.0. The Labute approximate surface area is 175 Å². The predicted octanol–water partition coefficient (Wildman–Crippen LogP) is 1.11. The van der Waals surface area contributed by atoms with Crippen molar-refractivity contribution in [2.24, 2.45) is 10.1 Å². The Hall–Kier alpha value is -3.24. The van der Waals surface area contributed by atoms with Gasteiger partial charge in [0.1, 0.15) is 6.54 Å². The summed E-state index contributed by atoms with van der Waals surface area (Å²) < 4.78 is 23.2. The number of benzene rings is 2. The van der Waals surface area contributed by atoms with E-state index in [0.29, 0.717) is 11.3 Å². The molecule has 10 heteroatoms.